The Bertz CT molecular complexity index is 1020. The van der Waals surface area contributed by atoms with Gasteiger partial charge in [-0.3, -0.25) is 9.52 Å². The van der Waals surface area contributed by atoms with Crippen LogP contribution in [0.1, 0.15) is 29.8 Å². The number of hydrogen-bond donors (Lipinski definition) is 1. The van der Waals surface area contributed by atoms with Crippen molar-refractivity contribution < 1.29 is 22.7 Å². The SMILES string of the molecule is C#CCOc1ccc(/C=C/C(=O)c2ccc(NS(=O)(=O)CC)cc2)cc1OCC. The molecule has 0 aliphatic carbocycles. The minimum absolute atomic E-state index is 0.0211. The van der Waals surface area contributed by atoms with Crippen molar-refractivity contribution in [2.24, 2.45) is 0 Å². The van der Waals surface area contributed by atoms with Crippen LogP contribution in [0.5, 0.6) is 11.5 Å². The average Bonchev–Trinajstić information content (AvgIpc) is 2.72. The van der Waals surface area contributed by atoms with Crippen LogP contribution in [0.3, 0.4) is 0 Å². The number of sulfonamides is 1. The summed E-state index contributed by atoms with van der Waals surface area (Å²) in [4.78, 5) is 12.4. The maximum Gasteiger partial charge on any atom is 0.232 e. The molecule has 0 bridgehead atoms. The number of ketones is 1. The zero-order chi connectivity index (χ0) is 21.3. The Kier molecular flexibility index (Phi) is 7.87. The van der Waals surface area contributed by atoms with Crippen molar-refractivity contribution >= 4 is 27.6 Å². The number of benzene rings is 2. The molecule has 0 aromatic heterocycles. The van der Waals surface area contributed by atoms with Crippen LogP contribution in [-0.2, 0) is 10.0 Å². The summed E-state index contributed by atoms with van der Waals surface area (Å²) in [6.45, 7) is 4.02. The van der Waals surface area contributed by atoms with E-state index in [4.69, 9.17) is 15.9 Å². The predicted molar refractivity (Wildman–Crippen MR) is 115 cm³/mol. The molecule has 2 rings (SSSR count). The Balaban J connectivity index is 2.11. The second-order valence-corrected chi connectivity index (χ2v) is 7.92. The molecule has 0 aliphatic rings. The Morgan fingerprint density at radius 1 is 1.10 bits per heavy atom. The number of terminal acetylenes is 1. The lowest BCUT2D eigenvalue weighted by Gasteiger charge is -2.10. The first-order valence-electron chi connectivity index (χ1n) is 9.04. The highest BCUT2D eigenvalue weighted by Gasteiger charge is 2.08. The van der Waals surface area contributed by atoms with Gasteiger partial charge in [-0.05, 0) is 61.9 Å². The summed E-state index contributed by atoms with van der Waals surface area (Å²) in [5.41, 5.74) is 1.62. The van der Waals surface area contributed by atoms with E-state index in [1.807, 2.05) is 6.92 Å². The second-order valence-electron chi connectivity index (χ2n) is 5.91. The molecule has 0 spiro atoms. The lowest BCUT2D eigenvalue weighted by Crippen LogP contribution is -2.14. The summed E-state index contributed by atoms with van der Waals surface area (Å²) in [6.07, 6.45) is 8.33. The molecule has 1 N–H and O–H groups in total. The first-order valence-corrected chi connectivity index (χ1v) is 10.7. The van der Waals surface area contributed by atoms with Gasteiger partial charge < -0.3 is 9.47 Å². The molecule has 7 heteroatoms. The third-order valence-electron chi connectivity index (χ3n) is 3.83. The van der Waals surface area contributed by atoms with E-state index in [9.17, 15) is 13.2 Å². The molecule has 2 aromatic rings. The van der Waals surface area contributed by atoms with Crippen molar-refractivity contribution in [1.82, 2.24) is 0 Å². The zero-order valence-corrected chi connectivity index (χ0v) is 17.2. The first kappa shape index (κ1) is 22.1. The van der Waals surface area contributed by atoms with Crippen LogP contribution in [0, 0.1) is 12.3 Å². The molecule has 0 amide bonds. The van der Waals surface area contributed by atoms with E-state index in [0.717, 1.165) is 5.56 Å². The normalized spacial score (nSPS) is 11.1. The van der Waals surface area contributed by atoms with Crippen molar-refractivity contribution in [3.8, 4) is 23.8 Å². The number of carbonyl (C=O) groups excluding carboxylic acids is 1. The van der Waals surface area contributed by atoms with Gasteiger partial charge in [-0.15, -0.1) is 6.42 Å². The molecule has 0 unspecified atom stereocenters. The zero-order valence-electron chi connectivity index (χ0n) is 16.3. The minimum Gasteiger partial charge on any atom is -0.490 e. The van der Waals surface area contributed by atoms with Crippen LogP contribution in [0.25, 0.3) is 6.08 Å². The molecule has 0 fully saturated rings. The average molecular weight is 413 g/mol. The molecular formula is C22H23NO5S. The van der Waals surface area contributed by atoms with Gasteiger partial charge in [-0.1, -0.05) is 18.1 Å². The predicted octanol–water partition coefficient (Wildman–Crippen LogP) is 3.76. The van der Waals surface area contributed by atoms with Crippen LogP contribution >= 0.6 is 0 Å². The summed E-state index contributed by atoms with van der Waals surface area (Å²) in [6, 6.07) is 11.5. The fourth-order valence-corrected chi connectivity index (χ4v) is 3.00. The summed E-state index contributed by atoms with van der Waals surface area (Å²) in [5, 5.41) is 0. The third kappa shape index (κ3) is 6.70. The summed E-state index contributed by atoms with van der Waals surface area (Å²) < 4.78 is 36.6. The maximum atomic E-state index is 12.4. The Morgan fingerprint density at radius 2 is 1.83 bits per heavy atom. The lowest BCUT2D eigenvalue weighted by atomic mass is 10.1. The Morgan fingerprint density at radius 3 is 2.45 bits per heavy atom. The van der Waals surface area contributed by atoms with Gasteiger partial charge in [0, 0.05) is 11.3 Å². The van der Waals surface area contributed by atoms with Gasteiger partial charge in [-0.2, -0.15) is 0 Å². The van der Waals surface area contributed by atoms with Crippen LogP contribution < -0.4 is 14.2 Å². The highest BCUT2D eigenvalue weighted by Crippen LogP contribution is 2.29. The number of allylic oxidation sites excluding steroid dienone is 1. The molecule has 29 heavy (non-hydrogen) atoms. The highest BCUT2D eigenvalue weighted by atomic mass is 32.2. The van der Waals surface area contributed by atoms with E-state index < -0.39 is 10.0 Å². The van der Waals surface area contributed by atoms with Gasteiger partial charge in [0.1, 0.15) is 6.61 Å². The molecular weight excluding hydrogens is 390 g/mol. The smallest absolute Gasteiger partial charge is 0.232 e. The van der Waals surface area contributed by atoms with Crippen LogP contribution in [0.4, 0.5) is 5.69 Å². The molecule has 6 nitrogen and oxygen atoms in total. The molecule has 0 radical (unpaired) electrons. The topological polar surface area (TPSA) is 81.7 Å². The van der Waals surface area contributed by atoms with Gasteiger partial charge in [0.05, 0.1) is 12.4 Å². The number of hydrogen-bond acceptors (Lipinski definition) is 5. The van der Waals surface area contributed by atoms with E-state index in [1.165, 1.54) is 6.08 Å². The van der Waals surface area contributed by atoms with Gasteiger partial charge in [0.25, 0.3) is 0 Å². The van der Waals surface area contributed by atoms with Gasteiger partial charge >= 0.3 is 0 Å². The van der Waals surface area contributed by atoms with E-state index in [0.29, 0.717) is 29.4 Å². The third-order valence-corrected chi connectivity index (χ3v) is 5.14. The van der Waals surface area contributed by atoms with Gasteiger partial charge in [0.2, 0.25) is 10.0 Å². The van der Waals surface area contributed by atoms with Crippen molar-refractivity contribution in [2.75, 3.05) is 23.7 Å². The van der Waals surface area contributed by atoms with E-state index >= 15 is 0 Å². The molecule has 152 valence electrons. The fourth-order valence-electron chi connectivity index (χ4n) is 2.36. The lowest BCUT2D eigenvalue weighted by molar-refractivity contribution is 0.104. The number of nitrogens with one attached hydrogen (secondary N) is 1. The van der Waals surface area contributed by atoms with Crippen molar-refractivity contribution in [3.05, 3.63) is 59.7 Å². The molecule has 0 saturated carbocycles. The highest BCUT2D eigenvalue weighted by molar-refractivity contribution is 7.92. The monoisotopic (exact) mass is 413 g/mol. The largest absolute Gasteiger partial charge is 0.490 e. The molecule has 0 aliphatic heterocycles. The number of rotatable bonds is 10. The Hall–Kier alpha value is -3.24. The van der Waals surface area contributed by atoms with Crippen molar-refractivity contribution in [3.63, 3.8) is 0 Å². The second kappa shape index (κ2) is 10.3. The summed E-state index contributed by atoms with van der Waals surface area (Å²) in [7, 11) is -3.35. The van der Waals surface area contributed by atoms with E-state index in [2.05, 4.69) is 10.6 Å². The fraction of sp³-hybridized carbons (Fsp3) is 0.227. The van der Waals surface area contributed by atoms with E-state index in [1.54, 1.807) is 55.5 Å². The maximum absolute atomic E-state index is 12.4. The molecule has 2 aromatic carbocycles. The number of carbonyl (C=O) groups is 1. The first-order chi connectivity index (χ1) is 13.9. The summed E-state index contributed by atoms with van der Waals surface area (Å²) >= 11 is 0. The summed E-state index contributed by atoms with van der Waals surface area (Å²) in [5.74, 6) is 3.26. The molecule has 0 atom stereocenters. The van der Waals surface area contributed by atoms with E-state index in [-0.39, 0.29) is 18.1 Å². The molecule has 0 saturated heterocycles. The minimum atomic E-state index is -3.35. The quantitative estimate of drug-likeness (QED) is 0.364. The molecule has 0 heterocycles. The Labute approximate surface area is 171 Å². The standard InChI is InChI=1S/C22H23NO5S/c1-4-15-28-21-14-8-17(16-22(21)27-5-2)7-13-20(24)18-9-11-19(12-10-18)23-29(25,26)6-3/h1,7-14,16,23H,5-6,15H2,2-3H3/b13-7+. The van der Waals surface area contributed by atoms with Gasteiger partial charge in [-0.25, -0.2) is 8.42 Å². The van der Waals surface area contributed by atoms with Crippen molar-refractivity contribution in [2.45, 2.75) is 13.8 Å². The van der Waals surface area contributed by atoms with Gasteiger partial charge in [0.15, 0.2) is 17.3 Å². The van der Waals surface area contributed by atoms with Crippen LogP contribution in [0.15, 0.2) is 48.5 Å². The number of ether oxygens (including phenoxy) is 2. The van der Waals surface area contributed by atoms with Crippen molar-refractivity contribution in [1.29, 1.82) is 0 Å². The van der Waals surface area contributed by atoms with Crippen LogP contribution in [0.2, 0.25) is 0 Å². The number of anilines is 1. The van der Waals surface area contributed by atoms with Crippen LogP contribution in [-0.4, -0.2) is 33.2 Å².